The fourth-order valence-corrected chi connectivity index (χ4v) is 3.52. The van der Waals surface area contributed by atoms with Crippen LogP contribution in [0.2, 0.25) is 0 Å². The summed E-state index contributed by atoms with van der Waals surface area (Å²) in [6.45, 7) is 2.14. The van der Waals surface area contributed by atoms with E-state index in [1.165, 1.54) is 12.1 Å². The normalized spacial score (nSPS) is 16.1. The highest BCUT2D eigenvalue weighted by Gasteiger charge is 2.24. The molecule has 2 heterocycles. The smallest absolute Gasteiger partial charge is 0.254 e. The van der Waals surface area contributed by atoms with Gasteiger partial charge in [0.15, 0.2) is 11.6 Å². The van der Waals surface area contributed by atoms with Gasteiger partial charge in [0, 0.05) is 44.2 Å². The van der Waals surface area contributed by atoms with Crippen molar-refractivity contribution < 1.29 is 23.1 Å². The maximum Gasteiger partial charge on any atom is 0.254 e. The van der Waals surface area contributed by atoms with Gasteiger partial charge in [-0.15, -0.1) is 0 Å². The highest BCUT2D eigenvalue weighted by atomic mass is 19.2. The zero-order chi connectivity index (χ0) is 20.4. The molecule has 0 aromatic heterocycles. The molecular weight excluding hydrogens is 378 g/mol. The van der Waals surface area contributed by atoms with Crippen molar-refractivity contribution in [1.29, 1.82) is 0 Å². The predicted molar refractivity (Wildman–Crippen MR) is 104 cm³/mol. The Morgan fingerprint density at radius 1 is 0.931 bits per heavy atom. The van der Waals surface area contributed by atoms with Crippen molar-refractivity contribution in [3.05, 3.63) is 70.8 Å². The van der Waals surface area contributed by atoms with Gasteiger partial charge >= 0.3 is 0 Å². The van der Waals surface area contributed by atoms with Crippen LogP contribution in [0.25, 0.3) is 6.08 Å². The molecule has 2 aromatic rings. The summed E-state index contributed by atoms with van der Waals surface area (Å²) in [6.07, 6.45) is 4.18. The second kappa shape index (κ2) is 8.03. The number of halogens is 2. The molecule has 29 heavy (non-hydrogen) atoms. The highest BCUT2D eigenvalue weighted by Crippen LogP contribution is 2.26. The van der Waals surface area contributed by atoms with Crippen LogP contribution in [0.1, 0.15) is 21.5 Å². The number of piperazine rings is 1. The summed E-state index contributed by atoms with van der Waals surface area (Å²) in [4.78, 5) is 28.1. The van der Waals surface area contributed by atoms with Crippen LogP contribution in [0.15, 0.2) is 42.5 Å². The SMILES string of the molecule is O=C(/C=C/c1ccc2c(c1)CCO2)N1CCN(C(=O)c2ccc(F)c(F)c2)CC1. The first-order valence-electron chi connectivity index (χ1n) is 9.48. The third-order valence-corrected chi connectivity index (χ3v) is 5.18. The van der Waals surface area contributed by atoms with Gasteiger partial charge in [-0.2, -0.15) is 0 Å². The molecule has 0 radical (unpaired) electrons. The summed E-state index contributed by atoms with van der Waals surface area (Å²) in [6, 6.07) is 8.95. The molecule has 0 N–H and O–H groups in total. The summed E-state index contributed by atoms with van der Waals surface area (Å²) < 4.78 is 31.9. The van der Waals surface area contributed by atoms with E-state index in [1.807, 2.05) is 18.2 Å². The van der Waals surface area contributed by atoms with E-state index in [0.717, 1.165) is 35.4 Å². The molecule has 2 aromatic carbocycles. The van der Waals surface area contributed by atoms with E-state index < -0.39 is 11.6 Å². The second-order valence-corrected chi connectivity index (χ2v) is 7.05. The number of carbonyl (C=O) groups is 2. The Labute approximate surface area is 167 Å². The Balaban J connectivity index is 1.33. The van der Waals surface area contributed by atoms with Crippen molar-refractivity contribution in [2.45, 2.75) is 6.42 Å². The van der Waals surface area contributed by atoms with E-state index in [2.05, 4.69) is 0 Å². The number of ether oxygens (including phenoxy) is 1. The third kappa shape index (κ3) is 4.13. The molecule has 0 bridgehead atoms. The fourth-order valence-electron chi connectivity index (χ4n) is 3.52. The maximum absolute atomic E-state index is 13.4. The molecule has 7 heteroatoms. The van der Waals surface area contributed by atoms with E-state index in [0.29, 0.717) is 32.8 Å². The first kappa shape index (κ1) is 19.1. The van der Waals surface area contributed by atoms with E-state index in [9.17, 15) is 18.4 Å². The van der Waals surface area contributed by atoms with Gasteiger partial charge in [-0.1, -0.05) is 6.07 Å². The quantitative estimate of drug-likeness (QED) is 0.747. The minimum Gasteiger partial charge on any atom is -0.493 e. The van der Waals surface area contributed by atoms with Crippen molar-refractivity contribution in [2.24, 2.45) is 0 Å². The van der Waals surface area contributed by atoms with Crippen LogP contribution in [0.3, 0.4) is 0 Å². The van der Waals surface area contributed by atoms with Gasteiger partial charge in [-0.25, -0.2) is 8.78 Å². The minimum atomic E-state index is -1.05. The monoisotopic (exact) mass is 398 g/mol. The van der Waals surface area contributed by atoms with Gasteiger partial charge < -0.3 is 14.5 Å². The predicted octanol–water partition coefficient (Wildman–Crippen LogP) is 2.90. The van der Waals surface area contributed by atoms with Crippen molar-refractivity contribution in [1.82, 2.24) is 9.80 Å². The molecule has 150 valence electrons. The molecule has 0 atom stereocenters. The van der Waals surface area contributed by atoms with Crippen molar-refractivity contribution in [3.63, 3.8) is 0 Å². The largest absolute Gasteiger partial charge is 0.493 e. The van der Waals surface area contributed by atoms with E-state index in [-0.39, 0.29) is 17.4 Å². The van der Waals surface area contributed by atoms with Crippen LogP contribution in [0.4, 0.5) is 8.78 Å². The lowest BCUT2D eigenvalue weighted by molar-refractivity contribution is -0.127. The summed E-state index contributed by atoms with van der Waals surface area (Å²) in [7, 11) is 0. The zero-order valence-electron chi connectivity index (χ0n) is 15.7. The molecular formula is C22H20F2N2O3. The van der Waals surface area contributed by atoms with Crippen LogP contribution < -0.4 is 4.74 Å². The topological polar surface area (TPSA) is 49.9 Å². The Morgan fingerprint density at radius 3 is 2.45 bits per heavy atom. The maximum atomic E-state index is 13.4. The summed E-state index contributed by atoms with van der Waals surface area (Å²) in [5.74, 6) is -1.63. The molecule has 0 saturated carbocycles. The number of rotatable bonds is 3. The zero-order valence-corrected chi connectivity index (χ0v) is 15.7. The molecule has 2 amide bonds. The first-order valence-corrected chi connectivity index (χ1v) is 9.48. The number of carbonyl (C=O) groups excluding carboxylic acids is 2. The Hall–Kier alpha value is -3.22. The Morgan fingerprint density at radius 2 is 1.69 bits per heavy atom. The van der Waals surface area contributed by atoms with Crippen molar-refractivity contribution in [3.8, 4) is 5.75 Å². The van der Waals surface area contributed by atoms with Crippen LogP contribution in [-0.2, 0) is 11.2 Å². The minimum absolute atomic E-state index is 0.101. The average Bonchev–Trinajstić information content (AvgIpc) is 3.21. The molecule has 2 aliphatic rings. The van der Waals surface area contributed by atoms with Gasteiger partial charge in [0.2, 0.25) is 5.91 Å². The molecule has 5 nitrogen and oxygen atoms in total. The molecule has 1 fully saturated rings. The number of nitrogens with zero attached hydrogens (tertiary/aromatic N) is 2. The van der Waals surface area contributed by atoms with Gasteiger partial charge in [-0.3, -0.25) is 9.59 Å². The van der Waals surface area contributed by atoms with Gasteiger partial charge in [0.05, 0.1) is 6.61 Å². The van der Waals surface area contributed by atoms with Crippen LogP contribution >= 0.6 is 0 Å². The molecule has 2 aliphatic heterocycles. The van der Waals surface area contributed by atoms with Gasteiger partial charge in [0.1, 0.15) is 5.75 Å². The Kier molecular flexibility index (Phi) is 5.29. The molecule has 1 saturated heterocycles. The number of hydrogen-bond donors (Lipinski definition) is 0. The van der Waals surface area contributed by atoms with Crippen LogP contribution in [-0.4, -0.2) is 54.4 Å². The summed E-state index contributed by atoms with van der Waals surface area (Å²) in [5.41, 5.74) is 2.18. The van der Waals surface area contributed by atoms with Gasteiger partial charge in [0.25, 0.3) is 5.91 Å². The van der Waals surface area contributed by atoms with Crippen LogP contribution in [0, 0.1) is 11.6 Å². The number of amides is 2. The lowest BCUT2D eigenvalue weighted by atomic mass is 10.1. The second-order valence-electron chi connectivity index (χ2n) is 7.05. The third-order valence-electron chi connectivity index (χ3n) is 5.18. The number of benzene rings is 2. The molecule has 4 rings (SSSR count). The summed E-state index contributed by atoms with van der Waals surface area (Å²) >= 11 is 0. The Bertz CT molecular complexity index is 982. The lowest BCUT2D eigenvalue weighted by Crippen LogP contribution is -2.50. The first-order chi connectivity index (χ1) is 14.0. The summed E-state index contributed by atoms with van der Waals surface area (Å²) in [5, 5.41) is 0. The lowest BCUT2D eigenvalue weighted by Gasteiger charge is -2.34. The van der Waals surface area contributed by atoms with Crippen molar-refractivity contribution >= 4 is 17.9 Å². The highest BCUT2D eigenvalue weighted by molar-refractivity contribution is 5.95. The number of fused-ring (bicyclic) bond motifs is 1. The molecule has 0 spiro atoms. The number of hydrogen-bond acceptors (Lipinski definition) is 3. The van der Waals surface area contributed by atoms with E-state index >= 15 is 0 Å². The fraction of sp³-hybridized carbons (Fsp3) is 0.273. The molecule has 0 unspecified atom stereocenters. The standard InChI is InChI=1S/C22H20F2N2O3/c23-18-4-3-17(14-19(18)24)22(28)26-10-8-25(9-11-26)21(27)6-2-15-1-5-20-16(13-15)7-12-29-20/h1-6,13-14H,7-12H2/b6-2+. The molecule has 0 aliphatic carbocycles. The van der Waals surface area contributed by atoms with E-state index in [1.54, 1.807) is 15.9 Å². The van der Waals surface area contributed by atoms with Crippen molar-refractivity contribution in [2.75, 3.05) is 32.8 Å². The van der Waals surface area contributed by atoms with Gasteiger partial charge in [-0.05, 0) is 47.5 Å². The van der Waals surface area contributed by atoms with E-state index in [4.69, 9.17) is 4.74 Å². The average molecular weight is 398 g/mol. The van der Waals surface area contributed by atoms with Crippen LogP contribution in [0.5, 0.6) is 5.75 Å².